The Bertz CT molecular complexity index is 654. The average molecular weight is 858 g/mol. The second-order valence-electron chi connectivity index (χ2n) is 3.48. The Morgan fingerprint density at radius 2 is 1.90 bits per heavy atom. The number of alkyl halides is 6. The van der Waals surface area contributed by atoms with E-state index in [-0.39, 0.29) is 175 Å². The van der Waals surface area contributed by atoms with Crippen LogP contribution in [0.25, 0.3) is 0 Å². The van der Waals surface area contributed by atoms with Crippen LogP contribution >= 0.6 is 43.5 Å². The molecule has 31 heavy (non-hydrogen) atoms. The van der Waals surface area contributed by atoms with E-state index in [4.69, 9.17) is 21.3 Å². The zero-order valence-electron chi connectivity index (χ0n) is 18.3. The molecule has 1 aromatic heterocycles. The minimum absolute atomic E-state index is 0. The number of rotatable bonds is 3. The van der Waals surface area contributed by atoms with E-state index in [9.17, 15) is 22.0 Å². The van der Waals surface area contributed by atoms with E-state index in [1.807, 2.05) is 6.08 Å². The van der Waals surface area contributed by atoms with Gasteiger partial charge in [-0.3, -0.25) is 14.2 Å². The number of aliphatic carboxylic acids is 1. The maximum Gasteiger partial charge on any atom is 1.00 e. The van der Waals surface area contributed by atoms with Crippen LogP contribution in [0.4, 0.5) is 22.0 Å². The molecule has 1 aliphatic rings. The van der Waals surface area contributed by atoms with E-state index >= 15 is 0 Å². The zero-order chi connectivity index (χ0) is 23.5. The molecule has 164 valence electrons. The molecule has 19 heteroatoms. The largest absolute Gasteiger partial charge is 1.00 e. The Hall–Kier alpha value is 3.52. The molecule has 0 N–H and O–H groups in total. The smallest absolute Gasteiger partial charge is 1.00 e. The van der Waals surface area contributed by atoms with Gasteiger partial charge in [0.05, 0.1) is 25.7 Å². The number of allylic oxidation sites excluding steroid dienone is 1. The van der Waals surface area contributed by atoms with Gasteiger partial charge in [0.15, 0.2) is 0 Å². The number of aromatic nitrogens is 2. The van der Waals surface area contributed by atoms with Crippen molar-refractivity contribution in [2.75, 3.05) is 13.7 Å². The van der Waals surface area contributed by atoms with Gasteiger partial charge in [-0.1, -0.05) is 0 Å². The van der Waals surface area contributed by atoms with Gasteiger partial charge in [0.2, 0.25) is 0 Å². The van der Waals surface area contributed by atoms with Crippen molar-refractivity contribution in [2.24, 2.45) is 4.99 Å². The standard InChI is InChI=1S/C4H3BrF2N2.C4H4BrN.C2HClF2O2.CH3F.CH2O3.2Cs.Na.H/c5-3-1-8-9(2-3)4(6)7;5-4-1-2-6-3-4;3-2(4,5)1(6)7;1-2;2-1-4-3;;;;/h1-2,4H;1,3H,2H2;(H,6,7);1H3;1,3H;;;;/q;;;;;3*+1;-1/p-2/i;;;1D;;;;;. The normalized spacial score (nSPS) is 10.5. The van der Waals surface area contributed by atoms with Crippen LogP contribution in [0.3, 0.4) is 0 Å². The van der Waals surface area contributed by atoms with Crippen LogP contribution in [0.1, 0.15) is 9.35 Å². The predicted octanol–water partition coefficient (Wildman–Crippen LogP) is -6.90. The van der Waals surface area contributed by atoms with Gasteiger partial charge >= 0.3 is 179 Å². The van der Waals surface area contributed by atoms with Crippen LogP contribution in [0.15, 0.2) is 32.4 Å². The Morgan fingerprint density at radius 3 is 2.00 bits per heavy atom. The van der Waals surface area contributed by atoms with Crippen LogP contribution in [-0.4, -0.2) is 47.5 Å². The van der Waals surface area contributed by atoms with Crippen molar-refractivity contribution in [1.82, 2.24) is 9.78 Å². The molecule has 0 unspecified atom stereocenters. The SMILES string of the molecule is BrC1=CCN=C1.FC(F)n1cc(Br)cn1.O=C([O-])C(F)(F)Cl.O=CO[O-].[2H]CF.[Cs+].[Cs+].[H-].[Na+]. The van der Waals surface area contributed by atoms with Crippen molar-refractivity contribution < 1.29 is 217 Å². The van der Waals surface area contributed by atoms with Gasteiger partial charge in [-0.25, -0.2) is 4.68 Å². The van der Waals surface area contributed by atoms with Crippen molar-refractivity contribution in [3.8, 4) is 0 Å². The first-order valence-corrected chi connectivity index (χ1v) is 8.02. The van der Waals surface area contributed by atoms with Gasteiger partial charge in [0.25, 0.3) is 6.47 Å². The molecule has 2 rings (SSSR count). The molecule has 0 radical (unpaired) electrons. The van der Waals surface area contributed by atoms with E-state index in [2.05, 4.69) is 58.4 Å². The number of hydrogen-bond donors (Lipinski definition) is 0. The number of carbonyl (C=O) groups excluding carboxylic acids is 2. The Balaban J connectivity index is -0.0000000519. The summed E-state index contributed by atoms with van der Waals surface area (Å²) in [4.78, 5) is 24.2. The molecule has 2 heterocycles. The van der Waals surface area contributed by atoms with E-state index < -0.39 is 25.1 Å². The van der Waals surface area contributed by atoms with Gasteiger partial charge in [-0.05, 0) is 49.5 Å². The molecule has 8 nitrogen and oxygen atoms in total. The van der Waals surface area contributed by atoms with Crippen molar-refractivity contribution >= 4 is 62.1 Å². The molecule has 0 amide bonds. The molecule has 0 aromatic carbocycles. The summed E-state index contributed by atoms with van der Waals surface area (Å²) in [5.74, 6) is -2.57. The third-order valence-corrected chi connectivity index (χ3v) is 2.74. The van der Waals surface area contributed by atoms with Crippen LogP contribution in [0.5, 0.6) is 0 Å². The molecular formula is C12H12Br2ClCs2F5N3NaO5. The number of nitrogens with zero attached hydrogens (tertiary/aromatic N) is 3. The van der Waals surface area contributed by atoms with Crippen LogP contribution in [0, 0.1) is 0 Å². The summed E-state index contributed by atoms with van der Waals surface area (Å²) in [5.41, 5.74) is 0. The minimum Gasteiger partial charge on any atom is -1.00 e. The molecule has 0 fully saturated rings. The fraction of sp³-hybridized carbons (Fsp3) is 0.333. The van der Waals surface area contributed by atoms with Crippen LogP contribution in [0.2, 0.25) is 0 Å². The van der Waals surface area contributed by atoms with Crippen LogP contribution in [-0.2, 0) is 14.5 Å². The second-order valence-corrected chi connectivity index (χ2v) is 5.78. The van der Waals surface area contributed by atoms with E-state index in [1.165, 1.54) is 12.4 Å². The van der Waals surface area contributed by atoms with Gasteiger partial charge in [0, 0.05) is 16.9 Å². The van der Waals surface area contributed by atoms with Gasteiger partial charge in [-0.2, -0.15) is 22.7 Å². The summed E-state index contributed by atoms with van der Waals surface area (Å²) in [6, 6.07) is 0. The molecule has 0 atom stereocenters. The first kappa shape index (κ1) is 44.5. The molecule has 0 bridgehead atoms. The Morgan fingerprint density at radius 1 is 1.48 bits per heavy atom. The zero-order valence-corrected chi connectivity index (χ0v) is 34.8. The summed E-state index contributed by atoms with van der Waals surface area (Å²) in [7, 11) is -1.00. The molecule has 0 saturated heterocycles. The van der Waals surface area contributed by atoms with Crippen molar-refractivity contribution in [1.29, 1.82) is 0 Å². The molecule has 1 aliphatic heterocycles. The average Bonchev–Trinajstić information content (AvgIpc) is 3.27. The molecule has 0 spiro atoms. The van der Waals surface area contributed by atoms with Gasteiger partial charge in [0.1, 0.15) is 5.97 Å². The molecular weight excluding hydrogens is 845 g/mol. The summed E-state index contributed by atoms with van der Waals surface area (Å²) >= 11 is 10.1. The fourth-order valence-electron chi connectivity index (χ4n) is 0.754. The second kappa shape index (κ2) is 31.6. The third-order valence-electron chi connectivity index (χ3n) is 1.65. The first-order valence-electron chi connectivity index (χ1n) is 6.76. The number of hydrogen-bond acceptors (Lipinski definition) is 7. The first-order chi connectivity index (χ1) is 13.4. The number of aliphatic imine (C=N–C) groups is 1. The Kier molecular flexibility index (Phi) is 45.3. The van der Waals surface area contributed by atoms with E-state index in [0.717, 1.165) is 11.0 Å². The molecule has 1 aromatic rings. The molecule has 0 aliphatic carbocycles. The van der Waals surface area contributed by atoms with Crippen molar-refractivity contribution in [3.63, 3.8) is 0 Å². The van der Waals surface area contributed by atoms with E-state index in [0.29, 0.717) is 9.15 Å². The maximum absolute atomic E-state index is 11.7. The summed E-state index contributed by atoms with van der Waals surface area (Å²) in [6.07, 6.45) is 6.34. The van der Waals surface area contributed by atoms with Crippen molar-refractivity contribution in [3.05, 3.63) is 27.4 Å². The number of carboxylic acids is 1. The van der Waals surface area contributed by atoms with Crippen LogP contribution < -0.4 is 178 Å². The number of carbonyl (C=O) groups is 2. The molecule has 0 saturated carbocycles. The third kappa shape index (κ3) is 35.8. The Labute approximate surface area is 338 Å². The summed E-state index contributed by atoms with van der Waals surface area (Å²) in [5, 5.41) is 16.6. The fourth-order valence-corrected chi connectivity index (χ4v) is 1.35. The number of halogens is 8. The van der Waals surface area contributed by atoms with Gasteiger partial charge < -0.3 is 21.5 Å². The number of carboxylic acid groups (broad SMARTS) is 1. The van der Waals surface area contributed by atoms with Gasteiger partial charge in [-0.15, -0.1) is 0 Å². The minimum atomic E-state index is -4.22. The monoisotopic (exact) mass is 856 g/mol. The van der Waals surface area contributed by atoms with E-state index in [1.54, 1.807) is 6.21 Å². The summed E-state index contributed by atoms with van der Waals surface area (Å²) < 4.78 is 62.9. The quantitative estimate of drug-likeness (QED) is 0.0746. The van der Waals surface area contributed by atoms with Crippen molar-refractivity contribution in [2.45, 2.75) is 11.9 Å². The maximum atomic E-state index is 11.7. The predicted molar refractivity (Wildman–Crippen MR) is 92.6 cm³/mol. The topological polar surface area (TPSA) is 120 Å². The summed E-state index contributed by atoms with van der Waals surface area (Å²) in [6.45, 7) is -1.88.